The largest absolute Gasteiger partial charge is 0.381 e. The summed E-state index contributed by atoms with van der Waals surface area (Å²) in [6.45, 7) is 2.18. The van der Waals surface area contributed by atoms with E-state index in [1.165, 1.54) is 12.1 Å². The van der Waals surface area contributed by atoms with Gasteiger partial charge in [-0.3, -0.25) is 14.6 Å². The predicted octanol–water partition coefficient (Wildman–Crippen LogP) is 2.90. The molecule has 0 unspecified atom stereocenters. The van der Waals surface area contributed by atoms with Crippen LogP contribution in [0.3, 0.4) is 0 Å². The first kappa shape index (κ1) is 20.5. The van der Waals surface area contributed by atoms with Crippen molar-refractivity contribution < 1.29 is 18.7 Å². The van der Waals surface area contributed by atoms with Crippen LogP contribution in [-0.2, 0) is 15.1 Å². The number of piperidine rings is 1. The molecule has 6 nitrogen and oxygen atoms in total. The second kappa shape index (κ2) is 8.92. The highest BCUT2D eigenvalue weighted by atomic mass is 19.1. The van der Waals surface area contributed by atoms with Gasteiger partial charge in [-0.15, -0.1) is 0 Å². The lowest BCUT2D eigenvalue weighted by atomic mass is 9.81. The summed E-state index contributed by atoms with van der Waals surface area (Å²) in [6, 6.07) is 9.86. The third kappa shape index (κ3) is 4.36. The van der Waals surface area contributed by atoms with E-state index in [1.54, 1.807) is 41.6 Å². The molecule has 30 heavy (non-hydrogen) atoms. The lowest BCUT2D eigenvalue weighted by molar-refractivity contribution is -0.129. The van der Waals surface area contributed by atoms with Crippen LogP contribution in [0.4, 0.5) is 4.39 Å². The fourth-order valence-electron chi connectivity index (χ4n) is 4.33. The van der Waals surface area contributed by atoms with E-state index in [4.69, 9.17) is 4.74 Å². The number of pyridine rings is 1. The van der Waals surface area contributed by atoms with Crippen LogP contribution in [0, 0.1) is 11.7 Å². The summed E-state index contributed by atoms with van der Waals surface area (Å²) in [5.41, 5.74) is 0.939. The van der Waals surface area contributed by atoms with Gasteiger partial charge < -0.3 is 15.0 Å². The minimum absolute atomic E-state index is 0.00491. The number of hydrogen-bond donors (Lipinski definition) is 1. The minimum Gasteiger partial charge on any atom is -0.381 e. The van der Waals surface area contributed by atoms with Gasteiger partial charge in [-0.25, -0.2) is 4.39 Å². The van der Waals surface area contributed by atoms with Crippen molar-refractivity contribution >= 4 is 11.8 Å². The highest BCUT2D eigenvalue weighted by molar-refractivity contribution is 5.94. The molecule has 0 bridgehead atoms. The highest BCUT2D eigenvalue weighted by Gasteiger charge is 2.38. The molecule has 2 aliphatic heterocycles. The van der Waals surface area contributed by atoms with E-state index >= 15 is 0 Å². The molecule has 2 aliphatic rings. The third-order valence-corrected chi connectivity index (χ3v) is 6.17. The lowest BCUT2D eigenvalue weighted by Gasteiger charge is -2.40. The van der Waals surface area contributed by atoms with E-state index < -0.39 is 5.54 Å². The number of carbonyl (C=O) groups excluding carboxylic acids is 2. The van der Waals surface area contributed by atoms with E-state index in [0.717, 1.165) is 5.56 Å². The Morgan fingerprint density at radius 3 is 2.43 bits per heavy atom. The summed E-state index contributed by atoms with van der Waals surface area (Å²) in [5.74, 6) is -0.495. The number of rotatable bonds is 4. The first-order valence-corrected chi connectivity index (χ1v) is 10.4. The number of aromatic nitrogens is 1. The summed E-state index contributed by atoms with van der Waals surface area (Å²) in [5, 5.41) is 3.26. The van der Waals surface area contributed by atoms with Crippen LogP contribution in [0.5, 0.6) is 0 Å². The van der Waals surface area contributed by atoms with Gasteiger partial charge in [-0.1, -0.05) is 12.1 Å². The van der Waals surface area contributed by atoms with Crippen LogP contribution in [0.2, 0.25) is 0 Å². The number of carbonyl (C=O) groups is 2. The van der Waals surface area contributed by atoms with E-state index in [9.17, 15) is 14.0 Å². The van der Waals surface area contributed by atoms with E-state index in [1.807, 2.05) is 0 Å². The van der Waals surface area contributed by atoms with Crippen LogP contribution in [0.15, 0.2) is 48.8 Å². The van der Waals surface area contributed by atoms with Crippen LogP contribution >= 0.6 is 0 Å². The van der Waals surface area contributed by atoms with Gasteiger partial charge in [-0.2, -0.15) is 0 Å². The second-order valence-corrected chi connectivity index (χ2v) is 8.00. The number of hydrogen-bond acceptors (Lipinski definition) is 4. The van der Waals surface area contributed by atoms with Gasteiger partial charge in [0.1, 0.15) is 5.82 Å². The topological polar surface area (TPSA) is 71.5 Å². The fourth-order valence-corrected chi connectivity index (χ4v) is 4.33. The van der Waals surface area contributed by atoms with Gasteiger partial charge in [0.2, 0.25) is 5.91 Å². The van der Waals surface area contributed by atoms with E-state index in [-0.39, 0.29) is 23.5 Å². The van der Waals surface area contributed by atoms with Gasteiger partial charge in [0.15, 0.2) is 0 Å². The molecule has 0 saturated carbocycles. The summed E-state index contributed by atoms with van der Waals surface area (Å²) < 4.78 is 18.9. The molecule has 158 valence electrons. The fraction of sp³-hybridized carbons (Fsp3) is 0.435. The van der Waals surface area contributed by atoms with Crippen molar-refractivity contribution in [2.24, 2.45) is 5.92 Å². The molecule has 7 heteroatoms. The first-order valence-electron chi connectivity index (χ1n) is 10.4. The SMILES string of the molecule is O=C(NC1(c2ccc(F)cc2)CCOCC1)C1CCN(C(=O)c2cccnc2)CC1. The summed E-state index contributed by atoms with van der Waals surface area (Å²) in [7, 11) is 0. The maximum Gasteiger partial charge on any atom is 0.255 e. The number of likely N-dealkylation sites (tertiary alicyclic amines) is 1. The maximum absolute atomic E-state index is 13.4. The molecular formula is C23H26FN3O3. The van der Waals surface area contributed by atoms with Crippen molar-refractivity contribution in [1.82, 2.24) is 15.2 Å². The Labute approximate surface area is 175 Å². The molecule has 0 radical (unpaired) electrons. The summed E-state index contributed by atoms with van der Waals surface area (Å²) >= 11 is 0. The van der Waals surface area contributed by atoms with E-state index in [2.05, 4.69) is 10.3 Å². The monoisotopic (exact) mass is 411 g/mol. The number of ether oxygens (including phenoxy) is 1. The van der Waals surface area contributed by atoms with Crippen molar-refractivity contribution in [1.29, 1.82) is 0 Å². The molecule has 4 rings (SSSR count). The first-order chi connectivity index (χ1) is 14.6. The molecule has 1 aromatic carbocycles. The van der Waals surface area contributed by atoms with Crippen molar-refractivity contribution in [2.45, 2.75) is 31.2 Å². The zero-order valence-corrected chi connectivity index (χ0v) is 16.9. The molecule has 0 spiro atoms. The van der Waals surface area contributed by atoms with Gasteiger partial charge in [0.05, 0.1) is 11.1 Å². The van der Waals surface area contributed by atoms with Crippen LogP contribution < -0.4 is 5.32 Å². The predicted molar refractivity (Wildman–Crippen MR) is 109 cm³/mol. The van der Waals surface area contributed by atoms with Gasteiger partial charge in [0, 0.05) is 44.6 Å². The summed E-state index contributed by atoms with van der Waals surface area (Å²) in [4.78, 5) is 31.5. The molecule has 2 amide bonds. The zero-order valence-electron chi connectivity index (χ0n) is 16.9. The normalized spacial score (nSPS) is 19.3. The number of benzene rings is 1. The average Bonchev–Trinajstić information content (AvgIpc) is 2.80. The van der Waals surface area contributed by atoms with Crippen molar-refractivity contribution in [3.05, 3.63) is 65.7 Å². The molecular weight excluding hydrogens is 385 g/mol. The van der Waals surface area contributed by atoms with Crippen LogP contribution in [0.25, 0.3) is 0 Å². The quantitative estimate of drug-likeness (QED) is 0.840. The molecule has 0 aliphatic carbocycles. The standard InChI is InChI=1S/C23H26FN3O3/c24-20-5-3-19(4-6-20)23(9-14-30-15-10-23)26-21(28)17-7-12-27(13-8-17)22(29)18-2-1-11-25-16-18/h1-6,11,16-17H,7-10,12-15H2,(H,26,28). The average molecular weight is 411 g/mol. The molecule has 1 aromatic heterocycles. The molecule has 2 saturated heterocycles. The second-order valence-electron chi connectivity index (χ2n) is 8.00. The van der Waals surface area contributed by atoms with Gasteiger partial charge in [-0.05, 0) is 55.5 Å². The Morgan fingerprint density at radius 2 is 1.80 bits per heavy atom. The van der Waals surface area contributed by atoms with Crippen molar-refractivity contribution in [3.63, 3.8) is 0 Å². The Bertz CT molecular complexity index is 874. The number of halogens is 1. The Balaban J connectivity index is 1.40. The van der Waals surface area contributed by atoms with Gasteiger partial charge in [0.25, 0.3) is 5.91 Å². The third-order valence-electron chi connectivity index (χ3n) is 6.17. The number of nitrogens with zero attached hydrogens (tertiary/aromatic N) is 2. The summed E-state index contributed by atoms with van der Waals surface area (Å²) in [6.07, 6.45) is 5.76. The number of amides is 2. The Morgan fingerprint density at radius 1 is 1.10 bits per heavy atom. The lowest BCUT2D eigenvalue weighted by Crippen LogP contribution is -2.52. The van der Waals surface area contributed by atoms with E-state index in [0.29, 0.717) is 57.6 Å². The molecule has 2 aromatic rings. The zero-order chi connectivity index (χ0) is 21.0. The van der Waals surface area contributed by atoms with Gasteiger partial charge >= 0.3 is 0 Å². The smallest absolute Gasteiger partial charge is 0.255 e. The van der Waals surface area contributed by atoms with Crippen LogP contribution in [0.1, 0.15) is 41.6 Å². The maximum atomic E-state index is 13.4. The Kier molecular flexibility index (Phi) is 6.08. The minimum atomic E-state index is -0.536. The van der Waals surface area contributed by atoms with Crippen molar-refractivity contribution in [3.8, 4) is 0 Å². The Hall–Kier alpha value is -2.80. The molecule has 2 fully saturated rings. The number of nitrogens with one attached hydrogen (secondary N) is 1. The molecule has 0 atom stereocenters. The highest BCUT2D eigenvalue weighted by Crippen LogP contribution is 2.33. The van der Waals surface area contributed by atoms with Crippen LogP contribution in [-0.4, -0.2) is 48.0 Å². The molecule has 3 heterocycles. The molecule has 1 N–H and O–H groups in total. The van der Waals surface area contributed by atoms with Crippen molar-refractivity contribution in [2.75, 3.05) is 26.3 Å².